The molecule has 4 fully saturated rings. The molecule has 1 aliphatic carbocycles. The van der Waals surface area contributed by atoms with Crippen LogP contribution in [0.15, 0.2) is 30.5 Å². The number of nitrogens with two attached hydrogens (primary N) is 1. The Balaban J connectivity index is 1.24. The second-order valence-corrected chi connectivity index (χ2v) is 8.43. The highest BCUT2D eigenvalue weighted by atomic mass is 16.2. The number of amides is 1. The third-order valence-corrected chi connectivity index (χ3v) is 6.44. The van der Waals surface area contributed by atoms with Crippen LogP contribution in [0.5, 0.6) is 0 Å². The van der Waals surface area contributed by atoms with Gasteiger partial charge in [-0.05, 0) is 30.9 Å². The first kappa shape index (κ1) is 16.7. The maximum absolute atomic E-state index is 12.5. The van der Waals surface area contributed by atoms with Crippen LogP contribution < -0.4 is 16.0 Å². The van der Waals surface area contributed by atoms with E-state index in [1.807, 2.05) is 35.1 Å². The van der Waals surface area contributed by atoms with Crippen LogP contribution in [0, 0.1) is 11.8 Å². The third kappa shape index (κ3) is 3.43. The molecule has 1 saturated carbocycles. The molecule has 0 radical (unpaired) electrons. The number of anilines is 1. The van der Waals surface area contributed by atoms with E-state index in [-0.39, 0.29) is 5.92 Å². The van der Waals surface area contributed by atoms with Crippen LogP contribution in [-0.2, 0) is 11.3 Å². The molecular weight excluding hydrogens is 340 g/mol. The Morgan fingerprint density at radius 2 is 2.22 bits per heavy atom. The zero-order chi connectivity index (χ0) is 18.4. The lowest BCUT2D eigenvalue weighted by Gasteiger charge is -2.46. The number of fused-ring (bicyclic) bond motifs is 3. The van der Waals surface area contributed by atoms with Gasteiger partial charge in [-0.25, -0.2) is 4.68 Å². The van der Waals surface area contributed by atoms with E-state index in [0.717, 1.165) is 49.3 Å². The number of aromatic nitrogens is 3. The monoisotopic (exact) mass is 367 g/mol. The van der Waals surface area contributed by atoms with Crippen LogP contribution in [0.25, 0.3) is 11.3 Å². The minimum absolute atomic E-state index is 0.198. The first-order chi connectivity index (χ1) is 13.2. The molecule has 7 nitrogen and oxygen atoms in total. The largest absolute Gasteiger partial charge is 0.399 e. The quantitative estimate of drug-likeness (QED) is 0.654. The number of carbonyl (C=O) groups excluding carboxylic acids is 1. The van der Waals surface area contributed by atoms with Gasteiger partial charge < -0.3 is 16.0 Å². The Bertz CT molecular complexity index is 845. The van der Waals surface area contributed by atoms with Crippen LogP contribution in [-0.4, -0.2) is 46.1 Å². The van der Waals surface area contributed by atoms with E-state index in [2.05, 4.69) is 15.6 Å². The van der Waals surface area contributed by atoms with Crippen LogP contribution >= 0.6 is 0 Å². The number of nitrogens with one attached hydrogen (secondary N) is 2. The molecule has 142 valence electrons. The molecule has 1 unspecified atom stereocenters. The average molecular weight is 367 g/mol. The number of piperidine rings is 3. The highest BCUT2D eigenvalue weighted by Crippen LogP contribution is 2.29. The maximum Gasteiger partial charge on any atom is 0.229 e. The summed E-state index contributed by atoms with van der Waals surface area (Å²) in [4.78, 5) is 14.1. The van der Waals surface area contributed by atoms with Gasteiger partial charge in [0.2, 0.25) is 5.91 Å². The van der Waals surface area contributed by atoms with Gasteiger partial charge in [0.05, 0.1) is 31.7 Å². The molecule has 6 rings (SSSR count). The van der Waals surface area contributed by atoms with E-state index in [1.54, 1.807) is 4.90 Å². The Labute approximate surface area is 158 Å². The van der Waals surface area contributed by atoms with Crippen molar-refractivity contribution in [3.05, 3.63) is 30.5 Å². The second-order valence-electron chi connectivity index (χ2n) is 8.43. The maximum atomic E-state index is 12.5. The van der Waals surface area contributed by atoms with E-state index >= 15 is 0 Å². The number of nitrogens with zero attached hydrogens (tertiary/aromatic N) is 3. The van der Waals surface area contributed by atoms with E-state index in [4.69, 9.17) is 5.73 Å². The second kappa shape index (κ2) is 6.64. The standard InChI is InChI=1S/C20H26N6O/c21-15-3-1-2-14(8-15)19-12-26(24-23-19)10-17-9-13-6-7-25(17)11-18(13)20(27)22-16-4-5-16/h1-3,8,12-13,16-18H,4-7,9-11,21H2,(H,22,27)/p+1/t13-,17+,18-/m0/s1. The summed E-state index contributed by atoms with van der Waals surface area (Å²) >= 11 is 0. The van der Waals surface area contributed by atoms with E-state index < -0.39 is 0 Å². The van der Waals surface area contributed by atoms with Gasteiger partial charge in [-0.15, -0.1) is 5.10 Å². The Hall–Kier alpha value is -2.41. The lowest BCUT2D eigenvalue weighted by molar-refractivity contribution is -0.945. The summed E-state index contributed by atoms with van der Waals surface area (Å²) in [5.41, 5.74) is 8.46. The van der Waals surface area contributed by atoms with Gasteiger partial charge in [0, 0.05) is 30.1 Å². The number of carbonyl (C=O) groups is 1. The molecule has 4 N–H and O–H groups in total. The van der Waals surface area contributed by atoms with E-state index in [1.165, 1.54) is 13.0 Å². The third-order valence-electron chi connectivity index (χ3n) is 6.44. The van der Waals surface area contributed by atoms with E-state index in [0.29, 0.717) is 23.9 Å². The molecular formula is C20H27N6O+. The average Bonchev–Trinajstić information content (AvgIpc) is 3.37. The zero-order valence-electron chi connectivity index (χ0n) is 15.5. The van der Waals surface area contributed by atoms with Crippen molar-refractivity contribution in [3.8, 4) is 11.3 Å². The number of nitrogen functional groups attached to an aromatic ring is 1. The summed E-state index contributed by atoms with van der Waals surface area (Å²) in [6, 6.07) is 8.72. The normalized spacial score (nSPS) is 29.6. The van der Waals surface area contributed by atoms with Crippen molar-refractivity contribution in [3.63, 3.8) is 0 Å². The topological polar surface area (TPSA) is 90.3 Å². The zero-order valence-corrected chi connectivity index (χ0v) is 15.5. The molecule has 4 aliphatic rings. The Morgan fingerprint density at radius 1 is 1.33 bits per heavy atom. The number of quaternary nitrogens is 1. The Kier molecular flexibility index (Phi) is 4.11. The van der Waals surface area contributed by atoms with Crippen LogP contribution in [0.4, 0.5) is 5.69 Å². The first-order valence-electron chi connectivity index (χ1n) is 10.1. The number of hydrogen-bond acceptors (Lipinski definition) is 4. The van der Waals surface area contributed by atoms with Crippen molar-refractivity contribution < 1.29 is 9.69 Å². The SMILES string of the molecule is Nc1cccc(-c2cn(C[C@H]3C[C@@H]4CC[NH+]3C[C@@H]4C(=O)NC3CC3)nn2)c1. The van der Waals surface area contributed by atoms with Crippen molar-refractivity contribution >= 4 is 11.6 Å². The highest BCUT2D eigenvalue weighted by Gasteiger charge is 2.47. The number of hydrogen-bond donors (Lipinski definition) is 3. The minimum Gasteiger partial charge on any atom is -0.399 e. The van der Waals surface area contributed by atoms with Gasteiger partial charge in [0.1, 0.15) is 11.7 Å². The first-order valence-corrected chi connectivity index (χ1v) is 10.1. The molecule has 2 aromatic rings. The molecule has 1 aromatic heterocycles. The van der Waals surface area contributed by atoms with Crippen LogP contribution in [0.2, 0.25) is 0 Å². The highest BCUT2D eigenvalue weighted by molar-refractivity contribution is 5.79. The van der Waals surface area contributed by atoms with Gasteiger partial charge in [0.25, 0.3) is 0 Å². The number of rotatable bonds is 5. The fourth-order valence-electron chi connectivity index (χ4n) is 4.80. The van der Waals surface area contributed by atoms with Crippen molar-refractivity contribution in [2.75, 3.05) is 18.8 Å². The minimum atomic E-state index is 0.198. The fraction of sp³-hybridized carbons (Fsp3) is 0.550. The number of benzene rings is 1. The summed E-state index contributed by atoms with van der Waals surface area (Å²) in [6.45, 7) is 2.99. The predicted octanol–water partition coefficient (Wildman–Crippen LogP) is 0.0992. The molecule has 4 heterocycles. The van der Waals surface area contributed by atoms with Gasteiger partial charge in [0.15, 0.2) is 0 Å². The molecule has 4 atom stereocenters. The lowest BCUT2D eigenvalue weighted by atomic mass is 9.75. The predicted molar refractivity (Wildman–Crippen MR) is 102 cm³/mol. The molecule has 27 heavy (non-hydrogen) atoms. The van der Waals surface area contributed by atoms with Crippen molar-refractivity contribution in [1.29, 1.82) is 0 Å². The smallest absolute Gasteiger partial charge is 0.229 e. The summed E-state index contributed by atoms with van der Waals surface area (Å²) in [7, 11) is 0. The molecule has 7 heteroatoms. The van der Waals surface area contributed by atoms with Crippen LogP contribution in [0.1, 0.15) is 25.7 Å². The molecule has 0 spiro atoms. The summed E-state index contributed by atoms with van der Waals surface area (Å²) in [5.74, 6) is 1.01. The fourth-order valence-corrected chi connectivity index (χ4v) is 4.80. The van der Waals surface area contributed by atoms with Gasteiger partial charge >= 0.3 is 0 Å². The summed E-state index contributed by atoms with van der Waals surface area (Å²) < 4.78 is 1.95. The van der Waals surface area contributed by atoms with Crippen molar-refractivity contribution in [1.82, 2.24) is 20.3 Å². The van der Waals surface area contributed by atoms with E-state index in [9.17, 15) is 4.79 Å². The van der Waals surface area contributed by atoms with Crippen molar-refractivity contribution in [2.45, 2.75) is 44.3 Å². The van der Waals surface area contributed by atoms with Crippen molar-refractivity contribution in [2.24, 2.45) is 11.8 Å². The van der Waals surface area contributed by atoms with Gasteiger partial charge in [-0.2, -0.15) is 0 Å². The molecule has 3 saturated heterocycles. The lowest BCUT2D eigenvalue weighted by Crippen LogP contribution is -3.20. The van der Waals surface area contributed by atoms with Crippen LogP contribution in [0.3, 0.4) is 0 Å². The summed E-state index contributed by atoms with van der Waals surface area (Å²) in [5, 5.41) is 11.9. The Morgan fingerprint density at radius 3 is 2.96 bits per heavy atom. The van der Waals surface area contributed by atoms with Gasteiger partial charge in [-0.3, -0.25) is 4.79 Å². The summed E-state index contributed by atoms with van der Waals surface area (Å²) in [6.07, 6.45) is 6.59. The molecule has 1 amide bonds. The molecule has 1 aromatic carbocycles. The molecule has 3 aliphatic heterocycles. The van der Waals surface area contributed by atoms with Gasteiger partial charge in [-0.1, -0.05) is 17.3 Å². The molecule has 2 bridgehead atoms.